The van der Waals surface area contributed by atoms with Gasteiger partial charge in [-0.05, 0) is 46.1 Å². The summed E-state index contributed by atoms with van der Waals surface area (Å²) in [5.74, 6) is 0. The first kappa shape index (κ1) is 17.8. The van der Waals surface area contributed by atoms with Gasteiger partial charge in [0.25, 0.3) is 0 Å². The van der Waals surface area contributed by atoms with Gasteiger partial charge in [-0.2, -0.15) is 0 Å². The van der Waals surface area contributed by atoms with Crippen molar-refractivity contribution < 1.29 is 14.3 Å². The zero-order valence-corrected chi connectivity index (χ0v) is 15.0. The molecule has 1 saturated heterocycles. The summed E-state index contributed by atoms with van der Waals surface area (Å²) in [6.07, 6.45) is 1.50. The molecule has 0 N–H and O–H groups in total. The second-order valence-corrected chi connectivity index (χ2v) is 7.46. The smallest absolute Gasteiger partial charge is 0.410 e. The van der Waals surface area contributed by atoms with Gasteiger partial charge in [0.1, 0.15) is 5.60 Å². The fourth-order valence-corrected chi connectivity index (χ4v) is 2.76. The molecule has 1 aromatic rings. The normalized spacial score (nSPS) is 21.5. The monoisotopic (exact) mass is 319 g/mol. The van der Waals surface area contributed by atoms with Crippen molar-refractivity contribution in [2.75, 3.05) is 13.1 Å². The van der Waals surface area contributed by atoms with Gasteiger partial charge in [0.2, 0.25) is 0 Å². The van der Waals surface area contributed by atoms with Gasteiger partial charge in [-0.15, -0.1) is 0 Å². The Kier molecular flexibility index (Phi) is 5.35. The minimum absolute atomic E-state index is 0.244. The second kappa shape index (κ2) is 6.91. The summed E-state index contributed by atoms with van der Waals surface area (Å²) in [4.78, 5) is 14.0. The molecule has 2 rings (SSSR count). The molecule has 0 bridgehead atoms. The van der Waals surface area contributed by atoms with E-state index in [4.69, 9.17) is 9.47 Å². The van der Waals surface area contributed by atoms with Gasteiger partial charge in [-0.25, -0.2) is 4.79 Å². The Labute approximate surface area is 139 Å². The second-order valence-electron chi connectivity index (χ2n) is 7.46. The van der Waals surface area contributed by atoms with Gasteiger partial charge >= 0.3 is 6.09 Å². The highest BCUT2D eigenvalue weighted by Crippen LogP contribution is 2.31. The molecule has 0 saturated carbocycles. The molecule has 1 atom stereocenters. The minimum Gasteiger partial charge on any atom is -0.444 e. The lowest BCUT2D eigenvalue weighted by atomic mass is 9.99. The summed E-state index contributed by atoms with van der Waals surface area (Å²) >= 11 is 0. The Hall–Kier alpha value is -1.55. The maximum absolute atomic E-state index is 12.2. The van der Waals surface area contributed by atoms with Crippen molar-refractivity contribution in [1.82, 2.24) is 4.90 Å². The van der Waals surface area contributed by atoms with E-state index in [1.54, 1.807) is 4.90 Å². The number of amides is 1. The maximum Gasteiger partial charge on any atom is 0.410 e. The zero-order chi connectivity index (χ0) is 17.1. The van der Waals surface area contributed by atoms with Crippen molar-refractivity contribution in [1.29, 1.82) is 0 Å². The Morgan fingerprint density at radius 1 is 1.26 bits per heavy atom. The van der Waals surface area contributed by atoms with Crippen LogP contribution >= 0.6 is 0 Å². The number of rotatable bonds is 4. The van der Waals surface area contributed by atoms with E-state index in [1.807, 2.05) is 20.8 Å². The third-order valence-electron chi connectivity index (χ3n) is 4.28. The number of carbonyl (C=O) groups excluding carboxylic acids is 1. The number of likely N-dealkylation sites (tertiary alicyclic amines) is 1. The Balaban J connectivity index is 1.94. The van der Waals surface area contributed by atoms with Crippen LogP contribution in [0, 0.1) is 6.92 Å². The minimum atomic E-state index is -0.461. The van der Waals surface area contributed by atoms with E-state index in [2.05, 4.69) is 38.1 Å². The molecule has 0 radical (unpaired) electrons. The fraction of sp³-hybridized carbons (Fsp3) is 0.632. The molecule has 1 aromatic carbocycles. The molecule has 4 heteroatoms. The average Bonchev–Trinajstić information content (AvgIpc) is 2.90. The van der Waals surface area contributed by atoms with E-state index in [9.17, 15) is 4.79 Å². The van der Waals surface area contributed by atoms with E-state index in [1.165, 1.54) is 11.1 Å². The lowest BCUT2D eigenvalue weighted by Gasteiger charge is -2.29. The van der Waals surface area contributed by atoms with E-state index in [0.717, 1.165) is 12.8 Å². The van der Waals surface area contributed by atoms with Crippen LogP contribution in [-0.4, -0.2) is 35.3 Å². The Morgan fingerprint density at radius 2 is 1.91 bits per heavy atom. The van der Waals surface area contributed by atoms with Crippen molar-refractivity contribution in [2.24, 2.45) is 0 Å². The molecule has 4 nitrogen and oxygen atoms in total. The number of aryl methyl sites for hydroxylation is 1. The van der Waals surface area contributed by atoms with Crippen LogP contribution in [0.25, 0.3) is 0 Å². The molecule has 1 amide bonds. The van der Waals surface area contributed by atoms with Gasteiger partial charge in [0.15, 0.2) is 0 Å². The van der Waals surface area contributed by atoms with Crippen LogP contribution in [0.5, 0.6) is 0 Å². The molecule has 1 aliphatic rings. The van der Waals surface area contributed by atoms with Crippen molar-refractivity contribution in [2.45, 2.75) is 65.3 Å². The van der Waals surface area contributed by atoms with E-state index in [0.29, 0.717) is 19.7 Å². The molecule has 1 aliphatic heterocycles. The van der Waals surface area contributed by atoms with Gasteiger partial charge in [0.05, 0.1) is 18.8 Å². The predicted molar refractivity (Wildman–Crippen MR) is 91.4 cm³/mol. The first-order valence-corrected chi connectivity index (χ1v) is 8.40. The molecule has 23 heavy (non-hydrogen) atoms. The lowest BCUT2D eigenvalue weighted by molar-refractivity contribution is -0.0527. The summed E-state index contributed by atoms with van der Waals surface area (Å²) in [5, 5.41) is 0. The van der Waals surface area contributed by atoms with E-state index in [-0.39, 0.29) is 11.7 Å². The molecular weight excluding hydrogens is 290 g/mol. The van der Waals surface area contributed by atoms with Crippen LogP contribution in [0.2, 0.25) is 0 Å². The maximum atomic E-state index is 12.2. The molecule has 1 fully saturated rings. The van der Waals surface area contributed by atoms with Gasteiger partial charge < -0.3 is 14.4 Å². The fourth-order valence-electron chi connectivity index (χ4n) is 2.76. The highest BCUT2D eigenvalue weighted by Gasteiger charge is 2.40. The van der Waals surface area contributed by atoms with Crippen LogP contribution in [-0.2, 0) is 16.1 Å². The summed E-state index contributed by atoms with van der Waals surface area (Å²) in [7, 11) is 0. The number of benzene rings is 1. The zero-order valence-electron chi connectivity index (χ0n) is 15.0. The molecular formula is C19H29NO3. The average molecular weight is 319 g/mol. The van der Waals surface area contributed by atoms with Crippen molar-refractivity contribution >= 4 is 6.09 Å². The highest BCUT2D eigenvalue weighted by molar-refractivity contribution is 5.68. The SMILES string of the molecule is CCC1(OCc2ccc(C)cc2)CCN(C(=O)OC(C)(C)C)C1. The molecule has 1 heterocycles. The molecule has 128 valence electrons. The number of carbonyl (C=O) groups is 1. The summed E-state index contributed by atoms with van der Waals surface area (Å²) in [5.41, 5.74) is 1.69. The largest absolute Gasteiger partial charge is 0.444 e. The predicted octanol–water partition coefficient (Wildman–Crippen LogP) is 4.30. The number of hydrogen-bond donors (Lipinski definition) is 0. The topological polar surface area (TPSA) is 38.8 Å². The quantitative estimate of drug-likeness (QED) is 0.830. The number of ether oxygens (including phenoxy) is 2. The van der Waals surface area contributed by atoms with Crippen molar-refractivity contribution in [3.63, 3.8) is 0 Å². The molecule has 0 aliphatic carbocycles. The number of hydrogen-bond acceptors (Lipinski definition) is 3. The van der Waals surface area contributed by atoms with Crippen LogP contribution in [0.4, 0.5) is 4.79 Å². The first-order valence-electron chi connectivity index (χ1n) is 8.40. The summed E-state index contributed by atoms with van der Waals surface area (Å²) < 4.78 is 11.7. The van der Waals surface area contributed by atoms with Gasteiger partial charge in [0, 0.05) is 6.54 Å². The van der Waals surface area contributed by atoms with Crippen molar-refractivity contribution in [3.05, 3.63) is 35.4 Å². The summed E-state index contributed by atoms with van der Waals surface area (Å²) in [6.45, 7) is 11.7. The van der Waals surface area contributed by atoms with Crippen LogP contribution < -0.4 is 0 Å². The summed E-state index contributed by atoms with van der Waals surface area (Å²) in [6, 6.07) is 8.39. The standard InChI is InChI=1S/C19H29NO3/c1-6-19(22-13-16-9-7-15(2)8-10-16)11-12-20(14-19)17(21)23-18(3,4)5/h7-10H,6,11-14H2,1-5H3. The van der Waals surface area contributed by atoms with Crippen LogP contribution in [0.15, 0.2) is 24.3 Å². The van der Waals surface area contributed by atoms with E-state index < -0.39 is 5.60 Å². The third-order valence-corrected chi connectivity index (χ3v) is 4.28. The van der Waals surface area contributed by atoms with Crippen LogP contribution in [0.1, 0.15) is 51.7 Å². The molecule has 0 aromatic heterocycles. The molecule has 0 spiro atoms. The van der Waals surface area contributed by atoms with Crippen molar-refractivity contribution in [3.8, 4) is 0 Å². The van der Waals surface area contributed by atoms with E-state index >= 15 is 0 Å². The Bertz CT molecular complexity index is 533. The van der Waals surface area contributed by atoms with Gasteiger partial charge in [-0.1, -0.05) is 36.8 Å². The van der Waals surface area contributed by atoms with Crippen LogP contribution in [0.3, 0.4) is 0 Å². The highest BCUT2D eigenvalue weighted by atomic mass is 16.6. The molecule has 1 unspecified atom stereocenters. The third kappa shape index (κ3) is 4.96. The first-order chi connectivity index (χ1) is 10.7. The Morgan fingerprint density at radius 3 is 2.48 bits per heavy atom. The van der Waals surface area contributed by atoms with Gasteiger partial charge in [-0.3, -0.25) is 0 Å². The lowest BCUT2D eigenvalue weighted by Crippen LogP contribution is -2.40. The number of nitrogens with zero attached hydrogens (tertiary/aromatic N) is 1.